The van der Waals surface area contributed by atoms with Crippen LogP contribution in [0.15, 0.2) is 60.7 Å². The first kappa shape index (κ1) is 24.6. The topological polar surface area (TPSA) is 111 Å². The Labute approximate surface area is 218 Å². The highest BCUT2D eigenvalue weighted by molar-refractivity contribution is 6.31. The van der Waals surface area contributed by atoms with E-state index in [0.717, 1.165) is 24.0 Å². The quantitative estimate of drug-likeness (QED) is 0.353. The van der Waals surface area contributed by atoms with Gasteiger partial charge in [-0.05, 0) is 54.2 Å². The molecule has 2 aliphatic rings. The van der Waals surface area contributed by atoms with E-state index in [9.17, 15) is 19.7 Å². The van der Waals surface area contributed by atoms with Crippen LogP contribution in [-0.4, -0.2) is 41.5 Å². The third kappa shape index (κ3) is 5.22. The van der Waals surface area contributed by atoms with Crippen molar-refractivity contribution in [3.63, 3.8) is 0 Å². The van der Waals surface area contributed by atoms with Crippen molar-refractivity contribution in [2.45, 2.75) is 25.2 Å². The van der Waals surface area contributed by atoms with Gasteiger partial charge in [0.05, 0.1) is 16.9 Å². The van der Waals surface area contributed by atoms with Gasteiger partial charge in [-0.3, -0.25) is 19.7 Å². The number of hydrogen-bond acceptors (Lipinski definition) is 6. The van der Waals surface area contributed by atoms with Gasteiger partial charge < -0.3 is 19.7 Å². The van der Waals surface area contributed by atoms with Gasteiger partial charge in [-0.2, -0.15) is 0 Å². The van der Waals surface area contributed by atoms with Gasteiger partial charge in [0.1, 0.15) is 0 Å². The molecular formula is C27H24ClN3O6. The summed E-state index contributed by atoms with van der Waals surface area (Å²) < 4.78 is 10.6. The van der Waals surface area contributed by atoms with Crippen LogP contribution in [0, 0.1) is 10.1 Å². The monoisotopic (exact) mass is 521 g/mol. The molecule has 1 N–H and O–H groups in total. The number of nitro benzene ring substituents is 1. The van der Waals surface area contributed by atoms with Gasteiger partial charge >= 0.3 is 5.69 Å². The molecule has 0 radical (unpaired) electrons. The Kier molecular flexibility index (Phi) is 6.96. The molecule has 0 saturated carbocycles. The largest absolute Gasteiger partial charge is 0.452 e. The number of fused-ring (bicyclic) bond motifs is 1. The third-order valence-corrected chi connectivity index (χ3v) is 7.05. The summed E-state index contributed by atoms with van der Waals surface area (Å²) in [6.07, 6.45) is 1.75. The van der Waals surface area contributed by atoms with E-state index in [4.69, 9.17) is 21.1 Å². The summed E-state index contributed by atoms with van der Waals surface area (Å²) in [6, 6.07) is 17.8. The number of amides is 2. The number of hydrogen-bond donors (Lipinski definition) is 1. The number of nitro groups is 1. The molecule has 2 amide bonds. The summed E-state index contributed by atoms with van der Waals surface area (Å²) in [5.41, 5.74) is 2.68. The van der Waals surface area contributed by atoms with E-state index in [-0.39, 0.29) is 53.7 Å². The molecule has 3 aromatic carbocycles. The molecule has 2 heterocycles. The van der Waals surface area contributed by atoms with Gasteiger partial charge in [0.25, 0.3) is 5.91 Å². The molecule has 0 spiro atoms. The molecule has 0 atom stereocenters. The van der Waals surface area contributed by atoms with E-state index in [2.05, 4.69) is 5.32 Å². The van der Waals surface area contributed by atoms with Crippen molar-refractivity contribution in [1.29, 1.82) is 0 Å². The van der Waals surface area contributed by atoms with Crippen LogP contribution < -0.4 is 14.8 Å². The lowest BCUT2D eigenvalue weighted by molar-refractivity contribution is -0.385. The van der Waals surface area contributed by atoms with Crippen molar-refractivity contribution < 1.29 is 24.0 Å². The molecule has 0 aromatic heterocycles. The van der Waals surface area contributed by atoms with Crippen LogP contribution in [0.2, 0.25) is 5.02 Å². The summed E-state index contributed by atoms with van der Waals surface area (Å²) >= 11 is 6.14. The van der Waals surface area contributed by atoms with Gasteiger partial charge in [0, 0.05) is 29.9 Å². The fourth-order valence-electron chi connectivity index (χ4n) is 4.74. The number of likely N-dealkylation sites (tertiary alicyclic amines) is 1. The molecule has 37 heavy (non-hydrogen) atoms. The van der Waals surface area contributed by atoms with Crippen molar-refractivity contribution in [1.82, 2.24) is 4.90 Å². The summed E-state index contributed by atoms with van der Waals surface area (Å²) in [5, 5.41) is 14.7. The van der Waals surface area contributed by atoms with Crippen molar-refractivity contribution in [3.8, 4) is 11.5 Å². The van der Waals surface area contributed by atoms with Crippen LogP contribution in [0.25, 0.3) is 0 Å². The zero-order valence-corrected chi connectivity index (χ0v) is 20.6. The number of ether oxygens (including phenoxy) is 2. The molecule has 190 valence electrons. The van der Waals surface area contributed by atoms with E-state index in [0.29, 0.717) is 23.8 Å². The van der Waals surface area contributed by atoms with Crippen LogP contribution in [0.1, 0.15) is 40.2 Å². The average molecular weight is 522 g/mol. The van der Waals surface area contributed by atoms with Crippen LogP contribution in [-0.2, 0) is 11.2 Å². The van der Waals surface area contributed by atoms with Crippen molar-refractivity contribution in [2.24, 2.45) is 0 Å². The highest BCUT2D eigenvalue weighted by Gasteiger charge is 2.33. The Balaban J connectivity index is 1.18. The van der Waals surface area contributed by atoms with Gasteiger partial charge in [0.15, 0.2) is 5.75 Å². The van der Waals surface area contributed by atoms with Gasteiger partial charge in [-0.25, -0.2) is 0 Å². The molecule has 10 heteroatoms. The average Bonchev–Trinajstić information content (AvgIpc) is 3.40. The van der Waals surface area contributed by atoms with Gasteiger partial charge in [-0.15, -0.1) is 0 Å². The second-order valence-electron chi connectivity index (χ2n) is 8.96. The first-order valence-electron chi connectivity index (χ1n) is 11.9. The van der Waals surface area contributed by atoms with Crippen molar-refractivity contribution >= 4 is 34.8 Å². The number of anilines is 1. The molecule has 3 aromatic rings. The lowest BCUT2D eigenvalue weighted by atomic mass is 9.89. The minimum absolute atomic E-state index is 0.00443. The fraction of sp³-hybridized carbons (Fsp3) is 0.259. The minimum atomic E-state index is -0.553. The summed E-state index contributed by atoms with van der Waals surface area (Å²) in [7, 11) is 0. The maximum Gasteiger partial charge on any atom is 0.315 e. The summed E-state index contributed by atoms with van der Waals surface area (Å²) in [4.78, 5) is 38.0. The fourth-order valence-corrected chi connectivity index (χ4v) is 4.94. The normalized spacial score (nSPS) is 14.9. The van der Waals surface area contributed by atoms with E-state index >= 15 is 0 Å². The van der Waals surface area contributed by atoms with Crippen LogP contribution in [0.5, 0.6) is 11.5 Å². The molecule has 2 aliphatic heterocycles. The molecule has 1 saturated heterocycles. The summed E-state index contributed by atoms with van der Waals surface area (Å²) in [6.45, 7) is 0.942. The highest BCUT2D eigenvalue weighted by Crippen LogP contribution is 2.43. The van der Waals surface area contributed by atoms with E-state index < -0.39 is 4.92 Å². The molecule has 0 aliphatic carbocycles. The number of halogens is 1. The SMILES string of the molecule is O=C(Cc1ccccc1Cl)Nc1ccc(C2CCN(C(=O)c3ccc([N+](=O)[O-])c4c3OCO4)CC2)cc1. The Morgan fingerprint density at radius 3 is 2.41 bits per heavy atom. The van der Waals surface area contributed by atoms with Crippen LogP contribution >= 0.6 is 11.6 Å². The predicted molar refractivity (Wildman–Crippen MR) is 137 cm³/mol. The number of benzene rings is 3. The zero-order chi connectivity index (χ0) is 25.9. The molecule has 9 nitrogen and oxygen atoms in total. The maximum atomic E-state index is 13.2. The number of carbonyl (C=O) groups is 2. The van der Waals surface area contributed by atoms with Crippen molar-refractivity contribution in [2.75, 3.05) is 25.2 Å². The van der Waals surface area contributed by atoms with Crippen LogP contribution in [0.3, 0.4) is 0 Å². The van der Waals surface area contributed by atoms with E-state index in [1.54, 1.807) is 11.0 Å². The maximum absolute atomic E-state index is 13.2. The molecule has 1 fully saturated rings. The van der Waals surface area contributed by atoms with E-state index in [1.165, 1.54) is 12.1 Å². The lowest BCUT2D eigenvalue weighted by Gasteiger charge is -2.32. The molecule has 5 rings (SSSR count). The third-order valence-electron chi connectivity index (χ3n) is 6.68. The molecular weight excluding hydrogens is 498 g/mol. The number of nitrogens with one attached hydrogen (secondary N) is 1. The Hall–Kier alpha value is -4.11. The highest BCUT2D eigenvalue weighted by atomic mass is 35.5. The first-order valence-corrected chi connectivity index (χ1v) is 12.3. The number of piperidine rings is 1. The van der Waals surface area contributed by atoms with Gasteiger partial charge in [0.2, 0.25) is 18.4 Å². The van der Waals surface area contributed by atoms with Crippen LogP contribution in [0.4, 0.5) is 11.4 Å². The van der Waals surface area contributed by atoms with Gasteiger partial charge in [-0.1, -0.05) is 41.9 Å². The Morgan fingerprint density at radius 1 is 1.00 bits per heavy atom. The predicted octanol–water partition coefficient (Wildman–Crippen LogP) is 5.18. The number of nitrogens with zero attached hydrogens (tertiary/aromatic N) is 2. The minimum Gasteiger partial charge on any atom is -0.452 e. The molecule has 0 bridgehead atoms. The lowest BCUT2D eigenvalue weighted by Crippen LogP contribution is -2.38. The zero-order valence-electron chi connectivity index (χ0n) is 19.8. The van der Waals surface area contributed by atoms with E-state index in [1.807, 2.05) is 42.5 Å². The smallest absolute Gasteiger partial charge is 0.315 e. The number of carbonyl (C=O) groups excluding carboxylic acids is 2. The molecule has 0 unspecified atom stereocenters. The second-order valence-corrected chi connectivity index (χ2v) is 9.37. The van der Waals surface area contributed by atoms with Crippen molar-refractivity contribution in [3.05, 3.63) is 92.5 Å². The second kappa shape index (κ2) is 10.5. The Morgan fingerprint density at radius 2 is 1.70 bits per heavy atom. The first-order chi connectivity index (χ1) is 17.9. The Bertz CT molecular complexity index is 1350. The summed E-state index contributed by atoms with van der Waals surface area (Å²) in [5.74, 6) is 0.0452. The number of rotatable bonds is 6. The standard InChI is InChI=1S/C27H24ClN3O6/c28-22-4-2-1-3-19(22)15-24(32)29-20-7-5-17(6-8-20)18-11-13-30(14-12-18)27(33)21-9-10-23(31(34)35)26-25(21)36-16-37-26/h1-10,18H,11-16H2,(H,29,32).